The van der Waals surface area contributed by atoms with Crippen LogP contribution in [0.15, 0.2) is 41.7 Å². The number of carbonyl (C=O) groups excluding carboxylic acids is 1. The zero-order valence-corrected chi connectivity index (χ0v) is 8.61. The molecule has 0 amide bonds. The summed E-state index contributed by atoms with van der Waals surface area (Å²) < 4.78 is 4.58. The number of ketones is 1. The Kier molecular flexibility index (Phi) is 5.43. The molecule has 2 N–H and O–H groups in total. The first-order valence-corrected chi connectivity index (χ1v) is 4.92. The van der Waals surface area contributed by atoms with Crippen LogP contribution in [0.3, 0.4) is 0 Å². The summed E-state index contributed by atoms with van der Waals surface area (Å²) in [4.78, 5) is 10.9. The quantitative estimate of drug-likeness (QED) is 0.698. The fraction of sp³-hybridized carbons (Fsp3) is 0.364. The minimum atomic E-state index is -0.0498. The average molecular weight is 208 g/mol. The molecule has 1 aliphatic heterocycles. The van der Waals surface area contributed by atoms with Crippen molar-refractivity contribution in [1.82, 2.24) is 10.6 Å². The van der Waals surface area contributed by atoms with Crippen LogP contribution in [0.1, 0.15) is 0 Å². The molecule has 1 aliphatic rings. The molecule has 4 nitrogen and oxygen atoms in total. The van der Waals surface area contributed by atoms with Gasteiger partial charge in [0.1, 0.15) is 0 Å². The highest BCUT2D eigenvalue weighted by molar-refractivity contribution is 5.94. The summed E-state index contributed by atoms with van der Waals surface area (Å²) in [7, 11) is 0. The highest BCUT2D eigenvalue weighted by atomic mass is 16.3. The largest absolute Gasteiger partial charge is 0.473 e. The molecule has 4 heteroatoms. The van der Waals surface area contributed by atoms with Gasteiger partial charge < -0.3 is 15.1 Å². The monoisotopic (exact) mass is 208 g/mol. The van der Waals surface area contributed by atoms with Crippen molar-refractivity contribution in [1.29, 1.82) is 0 Å². The third-order valence-electron chi connectivity index (χ3n) is 2.01. The number of furan rings is 1. The van der Waals surface area contributed by atoms with Gasteiger partial charge in [0.15, 0.2) is 5.78 Å². The topological polar surface area (TPSA) is 54.3 Å². The summed E-state index contributed by atoms with van der Waals surface area (Å²) in [5, 5.41) is 6.21. The lowest BCUT2D eigenvalue weighted by Crippen LogP contribution is -2.51. The Balaban J connectivity index is 0.000000187. The van der Waals surface area contributed by atoms with Gasteiger partial charge >= 0.3 is 0 Å². The smallest absolute Gasteiger partial charge is 0.173 e. The summed E-state index contributed by atoms with van der Waals surface area (Å²) >= 11 is 0. The molecule has 2 heterocycles. The van der Waals surface area contributed by atoms with Crippen LogP contribution in [0.25, 0.3) is 0 Å². The van der Waals surface area contributed by atoms with Gasteiger partial charge in [-0.3, -0.25) is 4.79 Å². The number of piperazine rings is 1. The number of nitrogens with one attached hydrogen (secondary N) is 2. The molecule has 1 fully saturated rings. The minimum absolute atomic E-state index is 0.0498. The molecule has 15 heavy (non-hydrogen) atoms. The zero-order valence-electron chi connectivity index (χ0n) is 8.61. The van der Waals surface area contributed by atoms with Crippen LogP contribution in [-0.2, 0) is 4.79 Å². The van der Waals surface area contributed by atoms with Gasteiger partial charge in [-0.25, -0.2) is 0 Å². The van der Waals surface area contributed by atoms with Crippen LogP contribution in [0, 0.1) is 0 Å². The van der Waals surface area contributed by atoms with Crippen molar-refractivity contribution in [3.8, 4) is 0 Å². The first kappa shape index (κ1) is 11.7. The van der Waals surface area contributed by atoms with Crippen LogP contribution in [-0.4, -0.2) is 31.5 Å². The van der Waals surface area contributed by atoms with E-state index in [1.165, 1.54) is 6.08 Å². The van der Waals surface area contributed by atoms with Gasteiger partial charge in [0.2, 0.25) is 0 Å². The van der Waals surface area contributed by atoms with Crippen molar-refractivity contribution in [3.05, 3.63) is 37.3 Å². The van der Waals surface area contributed by atoms with E-state index in [0.717, 1.165) is 19.6 Å². The summed E-state index contributed by atoms with van der Waals surface area (Å²) in [6, 6.07) is 3.62. The zero-order chi connectivity index (χ0) is 10.9. The molecule has 0 radical (unpaired) electrons. The van der Waals surface area contributed by atoms with E-state index < -0.39 is 0 Å². The highest BCUT2D eigenvalue weighted by Gasteiger charge is 2.16. The second-order valence-corrected chi connectivity index (χ2v) is 3.11. The van der Waals surface area contributed by atoms with E-state index in [9.17, 15) is 4.79 Å². The van der Waals surface area contributed by atoms with Crippen molar-refractivity contribution < 1.29 is 9.21 Å². The van der Waals surface area contributed by atoms with E-state index in [1.54, 1.807) is 12.5 Å². The molecule has 1 unspecified atom stereocenters. The van der Waals surface area contributed by atoms with Gasteiger partial charge in [0.25, 0.3) is 0 Å². The Bertz CT molecular complexity index is 260. The van der Waals surface area contributed by atoms with Gasteiger partial charge in [0.05, 0.1) is 18.6 Å². The van der Waals surface area contributed by atoms with Crippen LogP contribution >= 0.6 is 0 Å². The Labute approximate surface area is 89.4 Å². The van der Waals surface area contributed by atoms with Crippen molar-refractivity contribution in [2.24, 2.45) is 0 Å². The third kappa shape index (κ3) is 4.58. The summed E-state index contributed by atoms with van der Waals surface area (Å²) in [6.07, 6.45) is 4.62. The normalized spacial score (nSPS) is 19.9. The lowest BCUT2D eigenvalue weighted by atomic mass is 10.1. The summed E-state index contributed by atoms with van der Waals surface area (Å²) in [5.74, 6) is 0.0761. The molecular weight excluding hydrogens is 192 g/mol. The van der Waals surface area contributed by atoms with Crippen LogP contribution in [0.2, 0.25) is 0 Å². The molecule has 2 rings (SSSR count). The van der Waals surface area contributed by atoms with Gasteiger partial charge in [-0.15, -0.1) is 0 Å². The van der Waals surface area contributed by atoms with Crippen molar-refractivity contribution in [3.63, 3.8) is 0 Å². The molecule has 1 aromatic heterocycles. The second kappa shape index (κ2) is 6.98. The number of hydrogen-bond donors (Lipinski definition) is 2. The fourth-order valence-corrected chi connectivity index (χ4v) is 1.22. The summed E-state index contributed by atoms with van der Waals surface area (Å²) in [5.41, 5.74) is 0. The first-order valence-electron chi connectivity index (χ1n) is 4.92. The third-order valence-corrected chi connectivity index (χ3v) is 2.01. The van der Waals surface area contributed by atoms with E-state index in [1.807, 2.05) is 12.1 Å². The van der Waals surface area contributed by atoms with Gasteiger partial charge in [-0.1, -0.05) is 6.58 Å². The lowest BCUT2D eigenvalue weighted by Gasteiger charge is -2.21. The van der Waals surface area contributed by atoms with E-state index in [4.69, 9.17) is 0 Å². The maximum absolute atomic E-state index is 10.9. The predicted octanol–water partition coefficient (Wildman–Crippen LogP) is 0.582. The SMILES string of the molecule is C=CC(=O)C1CNCCN1.c1ccoc1. The van der Waals surface area contributed by atoms with E-state index in [2.05, 4.69) is 21.6 Å². The minimum Gasteiger partial charge on any atom is -0.473 e. The predicted molar refractivity (Wildman–Crippen MR) is 58.6 cm³/mol. The second-order valence-electron chi connectivity index (χ2n) is 3.11. The van der Waals surface area contributed by atoms with Crippen molar-refractivity contribution in [2.75, 3.05) is 19.6 Å². The van der Waals surface area contributed by atoms with E-state index in [0.29, 0.717) is 0 Å². The molecule has 0 aliphatic carbocycles. The van der Waals surface area contributed by atoms with Gasteiger partial charge in [-0.05, 0) is 18.2 Å². The summed E-state index contributed by atoms with van der Waals surface area (Å²) in [6.45, 7) is 5.96. The van der Waals surface area contributed by atoms with Crippen LogP contribution < -0.4 is 10.6 Å². The van der Waals surface area contributed by atoms with Gasteiger partial charge in [0, 0.05) is 19.6 Å². The molecule has 1 saturated heterocycles. The molecule has 82 valence electrons. The molecule has 0 saturated carbocycles. The van der Waals surface area contributed by atoms with Gasteiger partial charge in [-0.2, -0.15) is 0 Å². The first-order chi connectivity index (χ1) is 7.34. The van der Waals surface area contributed by atoms with Crippen LogP contribution in [0.5, 0.6) is 0 Å². The van der Waals surface area contributed by atoms with Crippen molar-refractivity contribution in [2.45, 2.75) is 6.04 Å². The Morgan fingerprint density at radius 2 is 2.13 bits per heavy atom. The highest BCUT2D eigenvalue weighted by Crippen LogP contribution is 1.89. The molecular formula is C11H16N2O2. The molecule has 0 bridgehead atoms. The molecule has 0 aromatic carbocycles. The fourth-order valence-electron chi connectivity index (χ4n) is 1.22. The molecule has 1 aromatic rings. The standard InChI is InChI=1S/C7H12N2O.C4H4O/c1-2-7(10)6-5-8-3-4-9-6;1-2-4-5-3-1/h2,6,8-9H,1,3-5H2;1-4H. The van der Waals surface area contributed by atoms with Crippen LogP contribution in [0.4, 0.5) is 0 Å². The van der Waals surface area contributed by atoms with E-state index >= 15 is 0 Å². The Morgan fingerprint density at radius 3 is 2.53 bits per heavy atom. The van der Waals surface area contributed by atoms with Crippen molar-refractivity contribution >= 4 is 5.78 Å². The number of rotatable bonds is 2. The number of hydrogen-bond acceptors (Lipinski definition) is 4. The molecule has 0 spiro atoms. The molecule has 1 atom stereocenters. The Hall–Kier alpha value is -1.39. The maximum Gasteiger partial charge on any atom is 0.173 e. The average Bonchev–Trinajstić information content (AvgIpc) is 2.88. The number of carbonyl (C=O) groups is 1. The Morgan fingerprint density at radius 1 is 1.40 bits per heavy atom. The maximum atomic E-state index is 10.9. The lowest BCUT2D eigenvalue weighted by molar-refractivity contribution is -0.116. The van der Waals surface area contributed by atoms with E-state index in [-0.39, 0.29) is 11.8 Å².